The number of methoxy groups -OCH3 is 1. The summed E-state index contributed by atoms with van der Waals surface area (Å²) in [6, 6.07) is 5.74. The first kappa shape index (κ1) is 24.7. The van der Waals surface area contributed by atoms with E-state index in [0.29, 0.717) is 43.1 Å². The Kier molecular flexibility index (Phi) is 7.04. The van der Waals surface area contributed by atoms with E-state index in [1.807, 2.05) is 6.92 Å². The molecule has 1 fully saturated rings. The molecule has 0 saturated carbocycles. The number of anilines is 1. The maximum Gasteiger partial charge on any atom is 0.285 e. The molecule has 1 amide bonds. The number of carbonyl (C=O) groups excluding carboxylic acids is 1. The minimum absolute atomic E-state index is 0.0404. The molecule has 3 heterocycles. The van der Waals surface area contributed by atoms with Gasteiger partial charge in [-0.05, 0) is 30.2 Å². The molecule has 3 N–H and O–H groups in total. The summed E-state index contributed by atoms with van der Waals surface area (Å²) >= 11 is 6.17. The van der Waals surface area contributed by atoms with Crippen LogP contribution >= 0.6 is 11.6 Å². The van der Waals surface area contributed by atoms with Crippen LogP contribution < -0.4 is 11.1 Å². The lowest BCUT2D eigenvalue weighted by Gasteiger charge is -2.37. The number of halogens is 3. The summed E-state index contributed by atoms with van der Waals surface area (Å²) in [4.78, 5) is 23.7. The third-order valence-electron chi connectivity index (χ3n) is 6.54. The number of nitrogens with one attached hydrogen (secondary N) is 1. The maximum atomic E-state index is 14.1. The number of hydrogen-bond acceptors (Lipinski definition) is 7. The monoisotopic (exact) mass is 495 g/mol. The van der Waals surface area contributed by atoms with Gasteiger partial charge in [0, 0.05) is 50.3 Å². The van der Waals surface area contributed by atoms with Gasteiger partial charge in [-0.1, -0.05) is 18.2 Å². The van der Waals surface area contributed by atoms with Crippen molar-refractivity contribution in [1.29, 1.82) is 0 Å². The topological polar surface area (TPSA) is 103 Å². The van der Waals surface area contributed by atoms with Crippen molar-refractivity contribution in [2.45, 2.75) is 50.4 Å². The number of fused-ring (bicyclic) bond motifs is 1. The molecule has 0 unspecified atom stereocenters. The highest BCUT2D eigenvalue weighted by atomic mass is 35.5. The fourth-order valence-corrected chi connectivity index (χ4v) is 4.61. The van der Waals surface area contributed by atoms with Gasteiger partial charge >= 0.3 is 0 Å². The van der Waals surface area contributed by atoms with Crippen LogP contribution in [0, 0.1) is 0 Å². The highest BCUT2D eigenvalue weighted by molar-refractivity contribution is 6.28. The molecule has 11 heteroatoms. The molecule has 0 radical (unpaired) electrons. The SMILES string of the molecule is COC1(C(=O)N2Cc3nc(Cl)nc(N[C@H](C)c4cccc(C(F)(F)CN)c4)c3C2)CCOCC1. The number of carbonyl (C=O) groups is 1. The second kappa shape index (κ2) is 9.69. The Morgan fingerprint density at radius 3 is 2.76 bits per heavy atom. The van der Waals surface area contributed by atoms with Crippen LogP contribution in [-0.2, 0) is 33.3 Å². The highest BCUT2D eigenvalue weighted by Gasteiger charge is 2.45. The Morgan fingerprint density at radius 2 is 2.09 bits per heavy atom. The molecule has 1 atom stereocenters. The van der Waals surface area contributed by atoms with Gasteiger partial charge in [-0.25, -0.2) is 9.97 Å². The number of ether oxygens (including phenoxy) is 2. The molecule has 1 saturated heterocycles. The predicted molar refractivity (Wildman–Crippen MR) is 123 cm³/mol. The zero-order valence-corrected chi connectivity index (χ0v) is 19.9. The van der Waals surface area contributed by atoms with Crippen LogP contribution in [-0.4, -0.2) is 53.2 Å². The number of rotatable bonds is 7. The molecule has 34 heavy (non-hydrogen) atoms. The molecular formula is C23H28ClF2N5O3. The molecule has 8 nitrogen and oxygen atoms in total. The molecule has 2 aliphatic heterocycles. The first-order valence-corrected chi connectivity index (χ1v) is 11.5. The average Bonchev–Trinajstić information content (AvgIpc) is 3.28. The maximum absolute atomic E-state index is 14.1. The fraction of sp³-hybridized carbons (Fsp3) is 0.522. The average molecular weight is 496 g/mol. The summed E-state index contributed by atoms with van der Waals surface area (Å²) in [7, 11) is 1.54. The van der Waals surface area contributed by atoms with E-state index >= 15 is 0 Å². The minimum atomic E-state index is -3.11. The lowest BCUT2D eigenvalue weighted by Crippen LogP contribution is -2.51. The number of benzene rings is 1. The van der Waals surface area contributed by atoms with Crippen molar-refractivity contribution >= 4 is 23.3 Å². The first-order valence-electron chi connectivity index (χ1n) is 11.1. The summed E-state index contributed by atoms with van der Waals surface area (Å²) in [6.45, 7) is 2.55. The minimum Gasteiger partial charge on any atom is -0.381 e. The molecule has 1 aromatic heterocycles. The van der Waals surface area contributed by atoms with Crippen LogP contribution in [0.4, 0.5) is 14.6 Å². The van der Waals surface area contributed by atoms with Gasteiger partial charge in [-0.3, -0.25) is 4.79 Å². The lowest BCUT2D eigenvalue weighted by molar-refractivity contribution is -0.167. The number of aromatic nitrogens is 2. The van der Waals surface area contributed by atoms with Crippen LogP contribution in [0.5, 0.6) is 0 Å². The number of hydrogen-bond donors (Lipinski definition) is 2. The quantitative estimate of drug-likeness (QED) is 0.567. The van der Waals surface area contributed by atoms with Crippen LogP contribution in [0.25, 0.3) is 0 Å². The Bertz CT molecular complexity index is 1060. The van der Waals surface area contributed by atoms with Crippen molar-refractivity contribution in [2.75, 3.05) is 32.2 Å². The van der Waals surface area contributed by atoms with Crippen LogP contribution in [0.15, 0.2) is 24.3 Å². The molecule has 0 aliphatic carbocycles. The second-order valence-electron chi connectivity index (χ2n) is 8.64. The van der Waals surface area contributed by atoms with E-state index < -0.39 is 18.1 Å². The summed E-state index contributed by atoms with van der Waals surface area (Å²) in [6.07, 6.45) is 0.959. The fourth-order valence-electron chi connectivity index (χ4n) is 4.42. The predicted octanol–water partition coefficient (Wildman–Crippen LogP) is 3.39. The van der Waals surface area contributed by atoms with Crippen molar-refractivity contribution in [2.24, 2.45) is 5.73 Å². The zero-order chi connectivity index (χ0) is 24.5. The highest BCUT2D eigenvalue weighted by Crippen LogP contribution is 2.35. The second-order valence-corrected chi connectivity index (χ2v) is 8.98. The molecule has 2 aromatic rings. The summed E-state index contributed by atoms with van der Waals surface area (Å²) in [5.41, 5.74) is 6.18. The van der Waals surface area contributed by atoms with Crippen LogP contribution in [0.1, 0.15) is 48.2 Å². The molecular weight excluding hydrogens is 468 g/mol. The van der Waals surface area contributed by atoms with Crippen molar-refractivity contribution < 1.29 is 23.0 Å². The number of alkyl halides is 2. The smallest absolute Gasteiger partial charge is 0.285 e. The number of amides is 1. The Balaban J connectivity index is 1.56. The Labute approximate surface area is 201 Å². The number of nitrogens with zero attached hydrogens (tertiary/aromatic N) is 3. The van der Waals surface area contributed by atoms with Gasteiger partial charge in [-0.15, -0.1) is 0 Å². The normalized spacial score (nSPS) is 18.5. The summed E-state index contributed by atoms with van der Waals surface area (Å²) < 4.78 is 39.2. The Morgan fingerprint density at radius 1 is 1.35 bits per heavy atom. The van der Waals surface area contributed by atoms with Crippen molar-refractivity contribution in [3.63, 3.8) is 0 Å². The van der Waals surface area contributed by atoms with E-state index in [9.17, 15) is 13.6 Å². The van der Waals surface area contributed by atoms with E-state index in [1.54, 1.807) is 24.1 Å². The van der Waals surface area contributed by atoms with Gasteiger partial charge in [-0.2, -0.15) is 8.78 Å². The van der Waals surface area contributed by atoms with Crippen LogP contribution in [0.2, 0.25) is 5.28 Å². The largest absolute Gasteiger partial charge is 0.381 e. The molecule has 184 valence electrons. The van der Waals surface area contributed by atoms with E-state index in [1.165, 1.54) is 12.1 Å². The molecule has 0 bridgehead atoms. The van der Waals surface area contributed by atoms with Gasteiger partial charge < -0.3 is 25.4 Å². The lowest BCUT2D eigenvalue weighted by atomic mass is 9.92. The third kappa shape index (κ3) is 4.72. The first-order chi connectivity index (χ1) is 16.2. The zero-order valence-electron chi connectivity index (χ0n) is 19.1. The summed E-state index contributed by atoms with van der Waals surface area (Å²) in [5, 5.41) is 3.30. The molecule has 4 rings (SSSR count). The van der Waals surface area contributed by atoms with E-state index in [2.05, 4.69) is 15.3 Å². The van der Waals surface area contributed by atoms with Gasteiger partial charge in [0.2, 0.25) is 5.28 Å². The van der Waals surface area contributed by atoms with Crippen molar-refractivity contribution in [3.05, 3.63) is 51.9 Å². The van der Waals surface area contributed by atoms with Crippen molar-refractivity contribution in [3.8, 4) is 0 Å². The van der Waals surface area contributed by atoms with Crippen molar-refractivity contribution in [1.82, 2.24) is 14.9 Å². The molecule has 0 spiro atoms. The van der Waals surface area contributed by atoms with Gasteiger partial charge in [0.05, 0.1) is 25.3 Å². The Hall–Kier alpha value is -2.40. The van der Waals surface area contributed by atoms with E-state index in [4.69, 9.17) is 26.8 Å². The standard InChI is InChI=1S/C23H28ClF2N5O3/c1-14(15-4-3-5-16(10-15)23(25,26)13-27)28-19-17-11-31(12-18(17)29-21(24)30-19)20(32)22(33-2)6-8-34-9-7-22/h3-5,10,14H,6-9,11-13,27H2,1-2H3,(H,28,29,30)/t14-/m1/s1. The van der Waals surface area contributed by atoms with Gasteiger partial charge in [0.25, 0.3) is 11.8 Å². The third-order valence-corrected chi connectivity index (χ3v) is 6.71. The van der Waals surface area contributed by atoms with E-state index in [0.717, 1.165) is 5.56 Å². The van der Waals surface area contributed by atoms with Crippen LogP contribution in [0.3, 0.4) is 0 Å². The van der Waals surface area contributed by atoms with Gasteiger partial charge in [0.15, 0.2) is 5.60 Å². The van der Waals surface area contributed by atoms with Gasteiger partial charge in [0.1, 0.15) is 5.82 Å². The number of nitrogens with two attached hydrogens (primary N) is 1. The molecule has 2 aliphatic rings. The van der Waals surface area contributed by atoms with E-state index in [-0.39, 0.29) is 35.9 Å². The molecule has 1 aromatic carbocycles. The summed E-state index contributed by atoms with van der Waals surface area (Å²) in [5.74, 6) is -2.77.